The molecular weight excluding hydrogens is 555 g/mol. The highest BCUT2D eigenvalue weighted by molar-refractivity contribution is 8.26. The lowest BCUT2D eigenvalue weighted by atomic mass is 10.2. The summed E-state index contributed by atoms with van der Waals surface area (Å²) in [6.45, 7) is -0.163. The van der Waals surface area contributed by atoms with Gasteiger partial charge in [-0.3, -0.25) is 19.8 Å². The van der Waals surface area contributed by atoms with Gasteiger partial charge in [-0.2, -0.15) is 0 Å². The van der Waals surface area contributed by atoms with Crippen LogP contribution in [0.5, 0.6) is 5.75 Å². The number of rotatable bonds is 8. The number of likely N-dealkylation sites (N-methyl/N-ethyl adjacent to an activating group) is 1. The summed E-state index contributed by atoms with van der Waals surface area (Å²) in [6.07, 6.45) is 1.78. The van der Waals surface area contributed by atoms with Crippen LogP contribution in [-0.2, 0) is 15.3 Å². The minimum atomic E-state index is -0.327. The zero-order valence-corrected chi connectivity index (χ0v) is 22.7. The maximum absolute atomic E-state index is 12.3. The van der Waals surface area contributed by atoms with Crippen molar-refractivity contribution in [2.24, 2.45) is 0 Å². The summed E-state index contributed by atoms with van der Waals surface area (Å²) in [4.78, 5) is 31.0. The van der Waals surface area contributed by atoms with Crippen molar-refractivity contribution < 1.29 is 14.3 Å². The summed E-state index contributed by atoms with van der Waals surface area (Å²) in [5, 5.41) is 12.1. The number of fused-ring (bicyclic) bond motifs is 1. The zero-order valence-electron chi connectivity index (χ0n) is 18.7. The van der Waals surface area contributed by atoms with E-state index in [0.717, 1.165) is 25.1 Å². The lowest BCUT2D eigenvalue weighted by Gasteiger charge is -2.06. The molecule has 2 aromatic heterocycles. The molecule has 0 aliphatic carbocycles. The molecule has 182 valence electrons. The molecule has 8 nitrogen and oxygen atoms in total. The van der Waals surface area contributed by atoms with E-state index in [4.69, 9.17) is 17.0 Å². The third-order valence-electron chi connectivity index (χ3n) is 4.84. The molecule has 1 saturated heterocycles. The molecule has 4 aromatic rings. The van der Waals surface area contributed by atoms with Crippen molar-refractivity contribution in [1.29, 1.82) is 0 Å². The fourth-order valence-electron chi connectivity index (χ4n) is 3.06. The molecule has 0 unspecified atom stereocenters. The molecule has 13 heteroatoms. The Morgan fingerprint density at radius 2 is 1.97 bits per heavy atom. The quantitative estimate of drug-likeness (QED) is 0.172. The topological polar surface area (TPSA) is 97.3 Å². The number of ether oxygens (including phenoxy) is 1. The Hall–Kier alpha value is -2.84. The Morgan fingerprint density at radius 3 is 2.72 bits per heavy atom. The third-order valence-corrected chi connectivity index (χ3v) is 9.54. The second-order valence-corrected chi connectivity index (χ2v) is 12.4. The monoisotopic (exact) mass is 571 g/mol. The fourth-order valence-corrected chi connectivity index (χ4v) is 7.05. The Bertz CT molecular complexity index is 1450. The van der Waals surface area contributed by atoms with Crippen LogP contribution >= 0.6 is 58.4 Å². The molecule has 0 radical (unpaired) electrons. The average Bonchev–Trinajstić information content (AvgIpc) is 3.57. The second kappa shape index (κ2) is 11.0. The highest BCUT2D eigenvalue weighted by atomic mass is 32.2. The summed E-state index contributed by atoms with van der Waals surface area (Å²) in [5.41, 5.74) is 1.83. The Morgan fingerprint density at radius 1 is 1.17 bits per heavy atom. The number of nitrogens with zero attached hydrogens (tertiary/aromatic N) is 4. The lowest BCUT2D eigenvalue weighted by molar-refractivity contribution is -0.121. The highest BCUT2D eigenvalue weighted by Crippen LogP contribution is 2.33. The number of hydrogen-bond donors (Lipinski definition) is 1. The van der Waals surface area contributed by atoms with Crippen molar-refractivity contribution in [3.05, 3.63) is 64.0 Å². The van der Waals surface area contributed by atoms with Gasteiger partial charge in [0.15, 0.2) is 10.9 Å². The zero-order chi connectivity index (χ0) is 25.1. The fraction of sp³-hybridized carbons (Fsp3) is 0.130. The number of thiocarbonyl (C=S) groups is 1. The smallest absolute Gasteiger partial charge is 0.265 e. The first-order valence-corrected chi connectivity index (χ1v) is 14.3. The number of thiazole rings is 1. The maximum atomic E-state index is 12.3. The van der Waals surface area contributed by atoms with Gasteiger partial charge >= 0.3 is 0 Å². The number of thioether (sulfide) groups is 2. The molecule has 1 fully saturated rings. The standard InChI is InChI=1S/C23H17N5O3S5/c1-28-20(30)17(35-23(28)32)10-13-6-8-14(9-7-13)31-11-18(29)25-21-27-26-19(36-21)12-33-22-24-15-4-2-3-5-16(15)34-22/h2-10H,11-12H2,1H3,(H,25,27,29)/b17-10-. The first kappa shape index (κ1) is 24.8. The van der Waals surface area contributed by atoms with Gasteiger partial charge < -0.3 is 4.74 Å². The van der Waals surface area contributed by atoms with Gasteiger partial charge in [0.05, 0.1) is 20.9 Å². The average molecular weight is 572 g/mol. The van der Waals surface area contributed by atoms with Gasteiger partial charge in [-0.25, -0.2) is 4.98 Å². The van der Waals surface area contributed by atoms with E-state index in [-0.39, 0.29) is 18.4 Å². The predicted octanol–water partition coefficient (Wildman–Crippen LogP) is 5.29. The van der Waals surface area contributed by atoms with E-state index >= 15 is 0 Å². The number of aromatic nitrogens is 3. The van der Waals surface area contributed by atoms with Crippen molar-refractivity contribution in [3.63, 3.8) is 0 Å². The molecule has 1 aliphatic heterocycles. The van der Waals surface area contributed by atoms with Crippen molar-refractivity contribution in [2.45, 2.75) is 10.1 Å². The van der Waals surface area contributed by atoms with E-state index in [9.17, 15) is 9.59 Å². The third kappa shape index (κ3) is 5.93. The number of benzene rings is 2. The lowest BCUT2D eigenvalue weighted by Crippen LogP contribution is -2.22. The molecule has 1 N–H and O–H groups in total. The van der Waals surface area contributed by atoms with Crippen LogP contribution < -0.4 is 10.1 Å². The van der Waals surface area contributed by atoms with Crippen LogP contribution in [0.25, 0.3) is 16.3 Å². The van der Waals surface area contributed by atoms with E-state index in [1.807, 2.05) is 30.3 Å². The number of nitrogens with one attached hydrogen (secondary N) is 1. The minimum Gasteiger partial charge on any atom is -0.484 e. The number of amides is 2. The summed E-state index contributed by atoms with van der Waals surface area (Å²) in [5.74, 6) is 0.721. The molecular formula is C23H17N5O3S5. The predicted molar refractivity (Wildman–Crippen MR) is 151 cm³/mol. The van der Waals surface area contributed by atoms with Crippen LogP contribution in [0.1, 0.15) is 10.6 Å². The van der Waals surface area contributed by atoms with Crippen LogP contribution in [0.4, 0.5) is 5.13 Å². The van der Waals surface area contributed by atoms with E-state index in [1.165, 1.54) is 28.0 Å². The van der Waals surface area contributed by atoms with Crippen molar-refractivity contribution in [1.82, 2.24) is 20.1 Å². The van der Waals surface area contributed by atoms with Crippen LogP contribution in [0.2, 0.25) is 0 Å². The highest BCUT2D eigenvalue weighted by Gasteiger charge is 2.28. The van der Waals surface area contributed by atoms with E-state index in [2.05, 4.69) is 26.6 Å². The number of para-hydroxylation sites is 1. The summed E-state index contributed by atoms with van der Waals surface area (Å²) < 4.78 is 8.23. The van der Waals surface area contributed by atoms with Gasteiger partial charge in [0.2, 0.25) is 5.13 Å². The molecule has 0 spiro atoms. The SMILES string of the molecule is CN1C(=O)/C(=C/c2ccc(OCC(=O)Nc3nnc(CSc4nc5ccccc5s4)s3)cc2)SC1=S. The molecule has 2 aromatic carbocycles. The van der Waals surface area contributed by atoms with Gasteiger partial charge in [0, 0.05) is 7.05 Å². The van der Waals surface area contributed by atoms with E-state index < -0.39 is 0 Å². The number of carbonyl (C=O) groups is 2. The summed E-state index contributed by atoms with van der Waals surface area (Å²) in [6, 6.07) is 15.1. The largest absolute Gasteiger partial charge is 0.484 e. The summed E-state index contributed by atoms with van der Waals surface area (Å²) in [7, 11) is 1.66. The van der Waals surface area contributed by atoms with Gasteiger partial charge in [-0.05, 0) is 35.9 Å². The Balaban J connectivity index is 1.09. The normalized spacial score (nSPS) is 14.7. The van der Waals surface area contributed by atoms with E-state index in [0.29, 0.717) is 25.9 Å². The van der Waals surface area contributed by atoms with Crippen LogP contribution in [0.3, 0.4) is 0 Å². The molecule has 36 heavy (non-hydrogen) atoms. The molecule has 0 atom stereocenters. The number of carbonyl (C=O) groups excluding carboxylic acids is 2. The van der Waals surface area contributed by atoms with Gasteiger partial charge in [0.1, 0.15) is 15.1 Å². The molecule has 5 rings (SSSR count). The van der Waals surface area contributed by atoms with E-state index in [1.54, 1.807) is 48.4 Å². The van der Waals surface area contributed by atoms with Crippen LogP contribution in [0, 0.1) is 0 Å². The van der Waals surface area contributed by atoms with Crippen molar-refractivity contribution in [2.75, 3.05) is 19.0 Å². The molecule has 0 saturated carbocycles. The Kier molecular flexibility index (Phi) is 7.62. The summed E-state index contributed by atoms with van der Waals surface area (Å²) >= 11 is 11.0. The van der Waals surface area contributed by atoms with Gasteiger partial charge in [-0.15, -0.1) is 21.5 Å². The first-order chi connectivity index (χ1) is 17.4. The van der Waals surface area contributed by atoms with Crippen molar-refractivity contribution in [3.8, 4) is 5.75 Å². The number of anilines is 1. The minimum absolute atomic E-state index is 0.114. The van der Waals surface area contributed by atoms with Crippen LogP contribution in [-0.4, -0.2) is 49.9 Å². The van der Waals surface area contributed by atoms with Gasteiger partial charge in [-0.1, -0.05) is 71.3 Å². The number of hydrogen-bond acceptors (Lipinski definition) is 11. The second-order valence-electron chi connectivity index (χ2n) is 7.38. The molecule has 1 aliphatic rings. The molecule has 0 bridgehead atoms. The first-order valence-electron chi connectivity index (χ1n) is 10.5. The molecule has 2 amide bonds. The Labute approximate surface area is 228 Å². The molecule has 3 heterocycles. The van der Waals surface area contributed by atoms with Crippen molar-refractivity contribution >= 4 is 96.0 Å². The van der Waals surface area contributed by atoms with Gasteiger partial charge in [0.25, 0.3) is 11.8 Å². The van der Waals surface area contributed by atoms with Crippen LogP contribution in [0.15, 0.2) is 57.8 Å². The maximum Gasteiger partial charge on any atom is 0.265 e.